The van der Waals surface area contributed by atoms with Crippen molar-refractivity contribution < 1.29 is 23.8 Å². The van der Waals surface area contributed by atoms with E-state index < -0.39 is 0 Å². The summed E-state index contributed by atoms with van der Waals surface area (Å²) in [5.41, 5.74) is 0.939. The summed E-state index contributed by atoms with van der Waals surface area (Å²) < 4.78 is 18.0. The van der Waals surface area contributed by atoms with Crippen LogP contribution in [0.2, 0.25) is 0 Å². The summed E-state index contributed by atoms with van der Waals surface area (Å²) in [6.07, 6.45) is 2.16. The zero-order valence-corrected chi connectivity index (χ0v) is 20.4. The van der Waals surface area contributed by atoms with Crippen LogP contribution in [-0.4, -0.2) is 42.3 Å². The molecule has 0 saturated carbocycles. The second-order valence-electron chi connectivity index (χ2n) is 7.70. The van der Waals surface area contributed by atoms with E-state index in [-0.39, 0.29) is 23.9 Å². The number of esters is 1. The number of benzene rings is 2. The van der Waals surface area contributed by atoms with Gasteiger partial charge in [-0.05, 0) is 49.1 Å². The Labute approximate surface area is 205 Å². The lowest BCUT2D eigenvalue weighted by molar-refractivity contribution is -0.116. The maximum absolute atomic E-state index is 12.9. The van der Waals surface area contributed by atoms with Gasteiger partial charge < -0.3 is 19.5 Å². The van der Waals surface area contributed by atoms with E-state index in [0.29, 0.717) is 52.5 Å². The number of nitrogens with one attached hydrogen (secondary N) is 1. The summed E-state index contributed by atoms with van der Waals surface area (Å²) >= 11 is 1.35. The van der Waals surface area contributed by atoms with Crippen LogP contribution >= 0.6 is 11.3 Å². The first-order chi connectivity index (χ1) is 16.9. The average molecular weight is 496 g/mol. The number of aryl methyl sites for hydroxylation is 1. The molecule has 1 N–H and O–H groups in total. The number of aromatic nitrogens is 2. The second-order valence-corrected chi connectivity index (χ2v) is 8.79. The van der Waals surface area contributed by atoms with Gasteiger partial charge in [0.1, 0.15) is 4.88 Å². The monoisotopic (exact) mass is 495 g/mol. The first kappa shape index (κ1) is 24.2. The number of nitrogens with zero attached hydrogens (tertiary/aromatic N) is 2. The van der Waals surface area contributed by atoms with E-state index >= 15 is 0 Å². The highest BCUT2D eigenvalue weighted by Crippen LogP contribution is 2.30. The number of carbonyl (C=O) groups is 2. The third kappa shape index (κ3) is 5.27. The number of methoxy groups -OCH3 is 2. The van der Waals surface area contributed by atoms with Crippen LogP contribution in [0.1, 0.15) is 29.4 Å². The molecule has 0 aliphatic rings. The minimum atomic E-state index is -0.352. The Balaban J connectivity index is 1.39. The number of thiophene rings is 1. The highest BCUT2D eigenvalue weighted by Gasteiger charge is 2.13. The van der Waals surface area contributed by atoms with Crippen LogP contribution in [-0.2, 0) is 16.1 Å². The highest BCUT2D eigenvalue weighted by atomic mass is 32.1. The van der Waals surface area contributed by atoms with Crippen LogP contribution in [0.3, 0.4) is 0 Å². The molecule has 0 spiro atoms. The van der Waals surface area contributed by atoms with Crippen LogP contribution < -0.4 is 20.3 Å². The molecule has 9 nitrogen and oxygen atoms in total. The van der Waals surface area contributed by atoms with Crippen molar-refractivity contribution in [1.82, 2.24) is 9.55 Å². The zero-order valence-electron chi connectivity index (χ0n) is 19.6. The number of hydrogen-bond acceptors (Lipinski definition) is 8. The quantitative estimate of drug-likeness (QED) is 0.346. The molecule has 0 aliphatic carbocycles. The van der Waals surface area contributed by atoms with Crippen LogP contribution in [0.25, 0.3) is 21.0 Å². The van der Waals surface area contributed by atoms with Gasteiger partial charge in [0.2, 0.25) is 5.91 Å². The summed E-state index contributed by atoms with van der Waals surface area (Å²) in [5.74, 6) is 0.431. The summed E-state index contributed by atoms with van der Waals surface area (Å²) in [6, 6.07) is 10.5. The standard InChI is InChI=1S/C25H25N3O6S/c1-4-34-25(31)22-11-15-10-16(7-8-21(15)35-22)27-23(29)6-5-9-28-14-26-18-13-20(33-3)19(32-2)12-17(18)24(28)30/h7-8,10-14H,4-6,9H2,1-3H3,(H,27,29). The van der Waals surface area contributed by atoms with Crippen molar-refractivity contribution in [1.29, 1.82) is 0 Å². The summed E-state index contributed by atoms with van der Waals surface area (Å²) in [4.78, 5) is 42.2. The Hall–Kier alpha value is -3.92. The average Bonchev–Trinajstić information content (AvgIpc) is 3.28. The molecular formula is C25H25N3O6S. The van der Waals surface area contributed by atoms with Crippen LogP contribution in [0.15, 0.2) is 47.5 Å². The van der Waals surface area contributed by atoms with Crippen LogP contribution in [0.5, 0.6) is 11.5 Å². The van der Waals surface area contributed by atoms with Gasteiger partial charge >= 0.3 is 5.97 Å². The summed E-state index contributed by atoms with van der Waals surface area (Å²) in [6.45, 7) is 2.43. The molecule has 10 heteroatoms. The van der Waals surface area contributed by atoms with Gasteiger partial charge in [0.05, 0.1) is 38.1 Å². The minimum Gasteiger partial charge on any atom is -0.493 e. The van der Waals surface area contributed by atoms with Crippen molar-refractivity contribution >= 4 is 49.9 Å². The Kier molecular flexibility index (Phi) is 7.31. The van der Waals surface area contributed by atoms with Gasteiger partial charge in [-0.2, -0.15) is 0 Å². The van der Waals surface area contributed by atoms with Gasteiger partial charge in [-0.25, -0.2) is 9.78 Å². The van der Waals surface area contributed by atoms with E-state index in [1.165, 1.54) is 36.5 Å². The van der Waals surface area contributed by atoms with E-state index in [0.717, 1.165) is 10.1 Å². The van der Waals surface area contributed by atoms with Crippen molar-refractivity contribution in [2.24, 2.45) is 0 Å². The third-order valence-corrected chi connectivity index (χ3v) is 6.51. The number of amides is 1. The zero-order chi connectivity index (χ0) is 24.9. The summed E-state index contributed by atoms with van der Waals surface area (Å²) in [7, 11) is 3.03. The third-order valence-electron chi connectivity index (χ3n) is 5.41. The first-order valence-corrected chi connectivity index (χ1v) is 11.9. The molecular weight excluding hydrogens is 470 g/mol. The smallest absolute Gasteiger partial charge is 0.348 e. The molecule has 2 heterocycles. The Morgan fingerprint density at radius 2 is 1.86 bits per heavy atom. The van der Waals surface area contributed by atoms with E-state index in [1.807, 2.05) is 12.1 Å². The maximum Gasteiger partial charge on any atom is 0.348 e. The molecule has 4 aromatic rings. The van der Waals surface area contributed by atoms with Crippen LogP contribution in [0, 0.1) is 0 Å². The van der Waals surface area contributed by atoms with E-state index in [4.69, 9.17) is 14.2 Å². The normalized spacial score (nSPS) is 10.9. The van der Waals surface area contributed by atoms with Crippen molar-refractivity contribution in [3.8, 4) is 11.5 Å². The number of carbonyl (C=O) groups excluding carboxylic acids is 2. The largest absolute Gasteiger partial charge is 0.493 e. The lowest BCUT2D eigenvalue weighted by Gasteiger charge is -2.10. The molecule has 0 bridgehead atoms. The molecule has 0 aliphatic heterocycles. The SMILES string of the molecule is CCOC(=O)c1cc2cc(NC(=O)CCCn3cnc4cc(OC)c(OC)cc4c3=O)ccc2s1. The van der Waals surface area contributed by atoms with E-state index in [2.05, 4.69) is 10.3 Å². The number of anilines is 1. The van der Waals surface area contributed by atoms with Crippen molar-refractivity contribution in [2.45, 2.75) is 26.3 Å². The number of hydrogen-bond donors (Lipinski definition) is 1. The lowest BCUT2D eigenvalue weighted by Crippen LogP contribution is -2.22. The number of ether oxygens (including phenoxy) is 3. The fraction of sp³-hybridized carbons (Fsp3) is 0.280. The van der Waals surface area contributed by atoms with E-state index in [9.17, 15) is 14.4 Å². The first-order valence-electron chi connectivity index (χ1n) is 11.0. The van der Waals surface area contributed by atoms with Crippen molar-refractivity contribution in [2.75, 3.05) is 26.1 Å². The molecule has 4 rings (SSSR count). The molecule has 2 aromatic heterocycles. The fourth-order valence-electron chi connectivity index (χ4n) is 3.70. The van der Waals surface area contributed by atoms with Gasteiger partial charge in [0.15, 0.2) is 11.5 Å². The van der Waals surface area contributed by atoms with Crippen molar-refractivity contribution in [3.05, 3.63) is 58.0 Å². The van der Waals surface area contributed by atoms with E-state index in [1.54, 1.807) is 31.2 Å². The summed E-state index contributed by atoms with van der Waals surface area (Å²) in [5, 5.41) is 4.15. The second kappa shape index (κ2) is 10.6. The van der Waals surface area contributed by atoms with Gasteiger partial charge in [-0.3, -0.25) is 14.2 Å². The molecule has 0 fully saturated rings. The minimum absolute atomic E-state index is 0.168. The molecule has 2 aromatic carbocycles. The number of fused-ring (bicyclic) bond motifs is 2. The predicted molar refractivity (Wildman–Crippen MR) is 135 cm³/mol. The predicted octanol–water partition coefficient (Wildman–Crippen LogP) is 4.22. The molecule has 182 valence electrons. The Morgan fingerprint density at radius 3 is 2.60 bits per heavy atom. The number of rotatable bonds is 9. The lowest BCUT2D eigenvalue weighted by atomic mass is 10.2. The molecule has 0 saturated heterocycles. The van der Waals surface area contributed by atoms with Gasteiger partial charge in [0.25, 0.3) is 5.56 Å². The highest BCUT2D eigenvalue weighted by molar-refractivity contribution is 7.20. The molecule has 0 atom stereocenters. The molecule has 1 amide bonds. The maximum atomic E-state index is 12.9. The van der Waals surface area contributed by atoms with Crippen LogP contribution in [0.4, 0.5) is 5.69 Å². The molecule has 35 heavy (non-hydrogen) atoms. The van der Waals surface area contributed by atoms with Gasteiger partial charge in [-0.15, -0.1) is 11.3 Å². The van der Waals surface area contributed by atoms with Gasteiger partial charge in [-0.1, -0.05) is 0 Å². The van der Waals surface area contributed by atoms with Crippen molar-refractivity contribution in [3.63, 3.8) is 0 Å². The fourth-order valence-corrected chi connectivity index (χ4v) is 4.64. The van der Waals surface area contributed by atoms with Gasteiger partial charge in [0, 0.05) is 29.4 Å². The molecule has 0 radical (unpaired) electrons. The Morgan fingerprint density at radius 1 is 1.09 bits per heavy atom. The Bertz CT molecular complexity index is 1460. The molecule has 0 unspecified atom stereocenters. The topological polar surface area (TPSA) is 109 Å².